The maximum Gasteiger partial charge on any atom is 0.119 e. The van der Waals surface area contributed by atoms with Gasteiger partial charge in [0, 0.05) is 0 Å². The monoisotopic (exact) mass is 340 g/mol. The summed E-state index contributed by atoms with van der Waals surface area (Å²) >= 11 is 0. The van der Waals surface area contributed by atoms with Crippen molar-refractivity contribution in [3.63, 3.8) is 0 Å². The van der Waals surface area contributed by atoms with Gasteiger partial charge in [-0.3, -0.25) is 0 Å². The zero-order valence-corrected chi connectivity index (χ0v) is 17.0. The van der Waals surface area contributed by atoms with E-state index in [0.717, 1.165) is 17.9 Å². The quantitative estimate of drug-likeness (QED) is 0.691. The molecule has 2 aromatic carbocycles. The van der Waals surface area contributed by atoms with Crippen LogP contribution in [0.4, 0.5) is 0 Å². The Labute approximate surface area is 153 Å². The number of hydrogen-bond donors (Lipinski definition) is 0. The minimum Gasteiger partial charge on any atom is -0.497 e. The first kappa shape index (κ1) is 19.4. The molecule has 0 aromatic heterocycles. The van der Waals surface area contributed by atoms with Crippen molar-refractivity contribution in [2.24, 2.45) is 0 Å². The van der Waals surface area contributed by atoms with Crippen LogP contribution in [-0.2, 0) is 17.3 Å². The summed E-state index contributed by atoms with van der Waals surface area (Å²) in [7, 11) is 3.46. The van der Waals surface area contributed by atoms with E-state index in [-0.39, 0.29) is 10.8 Å². The number of ether oxygens (including phenoxy) is 2. The van der Waals surface area contributed by atoms with E-state index < -0.39 is 0 Å². The van der Waals surface area contributed by atoms with E-state index in [1.165, 1.54) is 22.3 Å². The first-order chi connectivity index (χ1) is 11.5. The lowest BCUT2D eigenvalue weighted by Crippen LogP contribution is -2.13. The van der Waals surface area contributed by atoms with E-state index in [9.17, 15) is 0 Å². The highest BCUT2D eigenvalue weighted by atomic mass is 16.5. The SMILES string of the molecule is COc1cc(Cc2cc(OC)cc(C(C)(C)C)c2)cc(C(C)(C)C)c1. The standard InChI is InChI=1S/C23H32O2/c1-22(2,3)18-10-16(12-20(14-18)24-7)9-17-11-19(23(4,5)6)15-21(13-17)25-8/h10-15H,9H2,1-8H3. The summed E-state index contributed by atoms with van der Waals surface area (Å²) in [4.78, 5) is 0. The van der Waals surface area contributed by atoms with Crippen LogP contribution in [0.25, 0.3) is 0 Å². The smallest absolute Gasteiger partial charge is 0.119 e. The van der Waals surface area contributed by atoms with Gasteiger partial charge in [0.2, 0.25) is 0 Å². The summed E-state index contributed by atoms with van der Waals surface area (Å²) < 4.78 is 11.1. The van der Waals surface area contributed by atoms with E-state index >= 15 is 0 Å². The van der Waals surface area contributed by atoms with Crippen LogP contribution in [0.5, 0.6) is 11.5 Å². The van der Waals surface area contributed by atoms with Crippen molar-refractivity contribution in [3.05, 3.63) is 58.7 Å². The third kappa shape index (κ3) is 5.01. The lowest BCUT2D eigenvalue weighted by atomic mass is 9.84. The number of benzene rings is 2. The van der Waals surface area contributed by atoms with Gasteiger partial charge in [0.15, 0.2) is 0 Å². The molecule has 0 fully saturated rings. The molecule has 25 heavy (non-hydrogen) atoms. The van der Waals surface area contributed by atoms with Gasteiger partial charge in [0.1, 0.15) is 11.5 Å². The van der Waals surface area contributed by atoms with E-state index in [0.29, 0.717) is 0 Å². The van der Waals surface area contributed by atoms with Crippen LogP contribution >= 0.6 is 0 Å². The molecule has 0 radical (unpaired) electrons. The van der Waals surface area contributed by atoms with Gasteiger partial charge in [0.05, 0.1) is 14.2 Å². The normalized spacial score (nSPS) is 12.2. The maximum absolute atomic E-state index is 5.53. The van der Waals surface area contributed by atoms with Crippen LogP contribution in [0.3, 0.4) is 0 Å². The molecule has 0 aliphatic heterocycles. The van der Waals surface area contributed by atoms with E-state index in [4.69, 9.17) is 9.47 Å². The van der Waals surface area contributed by atoms with Crippen molar-refractivity contribution in [1.29, 1.82) is 0 Å². The third-order valence-corrected chi connectivity index (χ3v) is 4.54. The van der Waals surface area contributed by atoms with Crippen molar-refractivity contribution in [2.45, 2.75) is 58.8 Å². The van der Waals surface area contributed by atoms with Crippen LogP contribution in [0.1, 0.15) is 63.8 Å². The maximum atomic E-state index is 5.53. The van der Waals surface area contributed by atoms with Crippen molar-refractivity contribution in [1.82, 2.24) is 0 Å². The van der Waals surface area contributed by atoms with Crippen LogP contribution in [0.15, 0.2) is 36.4 Å². The van der Waals surface area contributed by atoms with Gasteiger partial charge in [0.25, 0.3) is 0 Å². The Morgan fingerprint density at radius 2 is 0.960 bits per heavy atom. The fourth-order valence-corrected chi connectivity index (χ4v) is 2.86. The molecule has 0 heterocycles. The first-order valence-corrected chi connectivity index (χ1v) is 8.90. The molecule has 0 saturated carbocycles. The van der Waals surface area contributed by atoms with Crippen LogP contribution in [0.2, 0.25) is 0 Å². The minimum absolute atomic E-state index is 0.0915. The number of hydrogen-bond acceptors (Lipinski definition) is 2. The summed E-state index contributed by atoms with van der Waals surface area (Å²) in [6.45, 7) is 13.4. The van der Waals surface area contributed by atoms with Gasteiger partial charge in [-0.15, -0.1) is 0 Å². The molecule has 2 nitrogen and oxygen atoms in total. The molecular weight excluding hydrogens is 308 g/mol. The summed E-state index contributed by atoms with van der Waals surface area (Å²) in [6.07, 6.45) is 0.862. The Balaban J connectivity index is 2.45. The molecule has 0 bridgehead atoms. The van der Waals surface area contributed by atoms with Gasteiger partial charge in [-0.1, -0.05) is 53.7 Å². The molecule has 0 saturated heterocycles. The summed E-state index contributed by atoms with van der Waals surface area (Å²) in [5.41, 5.74) is 5.29. The number of methoxy groups -OCH3 is 2. The molecule has 136 valence electrons. The Hall–Kier alpha value is -1.96. The highest BCUT2D eigenvalue weighted by Crippen LogP contribution is 2.31. The molecule has 0 spiro atoms. The summed E-state index contributed by atoms with van der Waals surface area (Å²) in [5.74, 6) is 1.84. The lowest BCUT2D eigenvalue weighted by Gasteiger charge is -2.22. The molecule has 2 heteroatoms. The zero-order chi connectivity index (χ0) is 18.8. The van der Waals surface area contributed by atoms with E-state index in [1.54, 1.807) is 14.2 Å². The first-order valence-electron chi connectivity index (χ1n) is 8.90. The summed E-state index contributed by atoms with van der Waals surface area (Å²) in [5, 5.41) is 0. The van der Waals surface area contributed by atoms with Crippen LogP contribution in [0, 0.1) is 0 Å². The van der Waals surface area contributed by atoms with Crippen molar-refractivity contribution in [3.8, 4) is 11.5 Å². The van der Waals surface area contributed by atoms with Crippen molar-refractivity contribution in [2.75, 3.05) is 14.2 Å². The van der Waals surface area contributed by atoms with Crippen LogP contribution in [-0.4, -0.2) is 14.2 Å². The lowest BCUT2D eigenvalue weighted by molar-refractivity contribution is 0.411. The molecule has 0 unspecified atom stereocenters. The average molecular weight is 341 g/mol. The molecule has 0 aliphatic carbocycles. The molecule has 2 aromatic rings. The van der Waals surface area contributed by atoms with Crippen molar-refractivity contribution < 1.29 is 9.47 Å². The average Bonchev–Trinajstić information content (AvgIpc) is 2.52. The van der Waals surface area contributed by atoms with Crippen molar-refractivity contribution >= 4 is 0 Å². The summed E-state index contributed by atoms with van der Waals surface area (Å²) in [6, 6.07) is 13.1. The molecule has 0 N–H and O–H groups in total. The van der Waals surface area contributed by atoms with Crippen LogP contribution < -0.4 is 9.47 Å². The molecular formula is C23H32O2. The van der Waals surface area contributed by atoms with Gasteiger partial charge in [-0.25, -0.2) is 0 Å². The molecule has 0 atom stereocenters. The van der Waals surface area contributed by atoms with Gasteiger partial charge < -0.3 is 9.47 Å². The molecule has 0 aliphatic rings. The van der Waals surface area contributed by atoms with Gasteiger partial charge >= 0.3 is 0 Å². The highest BCUT2D eigenvalue weighted by molar-refractivity contribution is 5.43. The Bertz CT molecular complexity index is 667. The van der Waals surface area contributed by atoms with Gasteiger partial charge in [-0.05, 0) is 63.8 Å². The number of rotatable bonds is 4. The predicted octanol–water partition coefficient (Wildman–Crippen LogP) is 5.89. The van der Waals surface area contributed by atoms with E-state index in [2.05, 4.69) is 77.9 Å². The topological polar surface area (TPSA) is 18.5 Å². The minimum atomic E-state index is 0.0915. The molecule has 2 rings (SSSR count). The van der Waals surface area contributed by atoms with E-state index in [1.807, 2.05) is 0 Å². The zero-order valence-electron chi connectivity index (χ0n) is 17.0. The Kier molecular flexibility index (Phi) is 5.51. The second kappa shape index (κ2) is 7.11. The second-order valence-corrected chi connectivity index (χ2v) is 8.82. The fourth-order valence-electron chi connectivity index (χ4n) is 2.86. The highest BCUT2D eigenvalue weighted by Gasteiger charge is 2.18. The Morgan fingerprint density at radius 1 is 0.600 bits per heavy atom. The van der Waals surface area contributed by atoms with Gasteiger partial charge in [-0.2, -0.15) is 0 Å². The largest absolute Gasteiger partial charge is 0.497 e. The Morgan fingerprint density at radius 3 is 1.24 bits per heavy atom. The fraction of sp³-hybridized carbons (Fsp3) is 0.478. The second-order valence-electron chi connectivity index (χ2n) is 8.82. The third-order valence-electron chi connectivity index (χ3n) is 4.54. The molecule has 0 amide bonds. The predicted molar refractivity (Wildman–Crippen MR) is 106 cm³/mol.